The largest absolute Gasteiger partial charge is 0.308 e. The van der Waals surface area contributed by atoms with E-state index in [0.717, 1.165) is 82.3 Å². The SMILES string of the molecule is O=P1(c2ccccc2)c2cc(-c3c4ccccc4c(-c4cccnc4)c4ccccc34)ccc2-n2c(-c3ccccc3)nc3cccc1c32. The first kappa shape index (κ1) is 28.0. The molecule has 0 bridgehead atoms. The molecule has 10 rings (SSSR count). The molecule has 4 nitrogen and oxygen atoms in total. The fraction of sp³-hybridized carbons (Fsp3) is 0. The smallest absolute Gasteiger partial charge is 0.175 e. The van der Waals surface area contributed by atoms with E-state index in [9.17, 15) is 0 Å². The Bertz CT molecular complexity index is 2730. The molecule has 5 heteroatoms. The maximum atomic E-state index is 16.1. The number of para-hydroxylation sites is 1. The van der Waals surface area contributed by atoms with Crippen molar-refractivity contribution < 1.29 is 4.57 Å². The van der Waals surface area contributed by atoms with E-state index >= 15 is 4.57 Å². The van der Waals surface area contributed by atoms with Gasteiger partial charge in [-0.3, -0.25) is 9.55 Å². The van der Waals surface area contributed by atoms with Crippen molar-refractivity contribution in [3.63, 3.8) is 0 Å². The van der Waals surface area contributed by atoms with Crippen LogP contribution in [0.2, 0.25) is 0 Å². The summed E-state index contributed by atoms with van der Waals surface area (Å²) < 4.78 is 18.3. The predicted molar refractivity (Wildman–Crippen MR) is 203 cm³/mol. The van der Waals surface area contributed by atoms with Gasteiger partial charge in [-0.2, -0.15) is 0 Å². The minimum Gasteiger partial charge on any atom is -0.308 e. The van der Waals surface area contributed by atoms with Crippen molar-refractivity contribution in [3.8, 4) is 39.3 Å². The molecule has 230 valence electrons. The average Bonchev–Trinajstić information content (AvgIpc) is 3.57. The van der Waals surface area contributed by atoms with Gasteiger partial charge in [0.05, 0.1) is 16.7 Å². The lowest BCUT2D eigenvalue weighted by Crippen LogP contribution is -2.33. The molecule has 0 spiro atoms. The van der Waals surface area contributed by atoms with E-state index in [1.54, 1.807) is 0 Å². The molecule has 0 N–H and O–H groups in total. The molecule has 9 aromatic rings. The van der Waals surface area contributed by atoms with Gasteiger partial charge in [0, 0.05) is 39.4 Å². The van der Waals surface area contributed by atoms with E-state index in [0.29, 0.717) is 0 Å². The van der Waals surface area contributed by atoms with Crippen molar-refractivity contribution in [2.45, 2.75) is 0 Å². The lowest BCUT2D eigenvalue weighted by atomic mass is 9.86. The summed E-state index contributed by atoms with van der Waals surface area (Å²) in [5.74, 6) is 0.841. The second-order valence-electron chi connectivity index (χ2n) is 12.5. The minimum atomic E-state index is -3.34. The summed E-state index contributed by atoms with van der Waals surface area (Å²) in [7, 11) is -3.34. The molecule has 0 amide bonds. The first-order valence-corrected chi connectivity index (χ1v) is 18.1. The third kappa shape index (κ3) is 4.02. The average molecular weight is 646 g/mol. The summed E-state index contributed by atoms with van der Waals surface area (Å²) >= 11 is 0. The normalized spacial score (nSPS) is 15.1. The fourth-order valence-electron chi connectivity index (χ4n) is 7.81. The standard InChI is InChI=1S/C44H28N3OP/c48-49(32-16-5-2-6-17-32)39-23-11-22-37-43(39)47(44(46-37)29-13-3-1-4-14-29)38-25-24-30(27-40(38)49)41-33-18-7-9-20-35(33)42(31-15-12-26-45-28-31)36-21-10-8-19-34(36)41/h1-28H. The Labute approximate surface area is 283 Å². The third-order valence-corrected chi connectivity index (χ3v) is 13.0. The molecule has 0 radical (unpaired) electrons. The molecule has 0 saturated carbocycles. The number of hydrogen-bond donors (Lipinski definition) is 0. The van der Waals surface area contributed by atoms with Crippen molar-refractivity contribution in [2.24, 2.45) is 0 Å². The van der Waals surface area contributed by atoms with Gasteiger partial charge in [0.15, 0.2) is 7.14 Å². The van der Waals surface area contributed by atoms with Crippen LogP contribution in [0.5, 0.6) is 0 Å². The van der Waals surface area contributed by atoms with E-state index < -0.39 is 7.14 Å². The summed E-state index contributed by atoms with van der Waals surface area (Å²) in [6.07, 6.45) is 3.76. The minimum absolute atomic E-state index is 0.816. The maximum Gasteiger partial charge on any atom is 0.175 e. The van der Waals surface area contributed by atoms with Crippen molar-refractivity contribution in [1.29, 1.82) is 0 Å². The van der Waals surface area contributed by atoms with Crippen LogP contribution in [0, 0.1) is 0 Å². The van der Waals surface area contributed by atoms with Gasteiger partial charge >= 0.3 is 0 Å². The van der Waals surface area contributed by atoms with Crippen LogP contribution in [0.1, 0.15) is 0 Å². The Kier molecular flexibility index (Phi) is 6.12. The van der Waals surface area contributed by atoms with Gasteiger partial charge in [0.25, 0.3) is 0 Å². The Morgan fingerprint density at radius 1 is 0.510 bits per heavy atom. The van der Waals surface area contributed by atoms with Crippen LogP contribution in [0.15, 0.2) is 170 Å². The molecule has 49 heavy (non-hydrogen) atoms. The zero-order valence-electron chi connectivity index (χ0n) is 26.4. The van der Waals surface area contributed by atoms with E-state index in [1.165, 1.54) is 5.56 Å². The highest BCUT2D eigenvalue weighted by molar-refractivity contribution is 7.86. The number of aromatic nitrogens is 3. The number of fused-ring (bicyclic) bond motifs is 4. The lowest BCUT2D eigenvalue weighted by Gasteiger charge is -2.30. The van der Waals surface area contributed by atoms with Crippen LogP contribution in [0.3, 0.4) is 0 Å². The van der Waals surface area contributed by atoms with Gasteiger partial charge in [-0.1, -0.05) is 127 Å². The molecule has 3 heterocycles. The van der Waals surface area contributed by atoms with Crippen LogP contribution in [0.4, 0.5) is 0 Å². The Hall–Kier alpha value is -6.09. The second-order valence-corrected chi connectivity index (χ2v) is 15.2. The van der Waals surface area contributed by atoms with Crippen LogP contribution in [-0.2, 0) is 4.57 Å². The second kappa shape index (κ2) is 10.7. The highest BCUT2D eigenvalue weighted by Gasteiger charge is 2.40. The highest BCUT2D eigenvalue weighted by atomic mass is 31.2. The zero-order valence-corrected chi connectivity index (χ0v) is 27.3. The monoisotopic (exact) mass is 645 g/mol. The third-order valence-electron chi connectivity index (χ3n) is 9.87. The molecule has 1 aliphatic heterocycles. The molecule has 0 saturated heterocycles. The van der Waals surface area contributed by atoms with Crippen molar-refractivity contribution in [1.82, 2.24) is 14.5 Å². The molecule has 2 aromatic heterocycles. The van der Waals surface area contributed by atoms with E-state index in [2.05, 4.69) is 94.5 Å². The number of rotatable bonds is 4. The number of nitrogens with zero attached hydrogens (tertiary/aromatic N) is 3. The van der Waals surface area contributed by atoms with Gasteiger partial charge in [0.2, 0.25) is 0 Å². The lowest BCUT2D eigenvalue weighted by molar-refractivity contribution is 0.592. The maximum absolute atomic E-state index is 16.1. The Morgan fingerprint density at radius 2 is 1.12 bits per heavy atom. The fourth-order valence-corrected chi connectivity index (χ4v) is 10.8. The quantitative estimate of drug-likeness (QED) is 0.141. The van der Waals surface area contributed by atoms with E-state index in [4.69, 9.17) is 4.98 Å². The van der Waals surface area contributed by atoms with Gasteiger partial charge < -0.3 is 4.57 Å². The predicted octanol–water partition coefficient (Wildman–Crippen LogP) is 9.68. The molecule has 1 aliphatic rings. The zero-order chi connectivity index (χ0) is 32.5. The van der Waals surface area contributed by atoms with Crippen LogP contribution < -0.4 is 15.9 Å². The highest BCUT2D eigenvalue weighted by Crippen LogP contribution is 2.51. The van der Waals surface area contributed by atoms with Crippen molar-refractivity contribution >= 4 is 55.6 Å². The summed E-state index contributed by atoms with van der Waals surface area (Å²) in [6.45, 7) is 0. The van der Waals surface area contributed by atoms with Crippen LogP contribution in [-0.4, -0.2) is 14.5 Å². The number of hydrogen-bond acceptors (Lipinski definition) is 3. The van der Waals surface area contributed by atoms with Gasteiger partial charge in [-0.15, -0.1) is 0 Å². The number of benzene rings is 7. The molecular formula is C44H28N3OP. The van der Waals surface area contributed by atoms with Crippen LogP contribution >= 0.6 is 7.14 Å². The van der Waals surface area contributed by atoms with Crippen LogP contribution in [0.25, 0.3) is 71.9 Å². The number of imidazole rings is 1. The van der Waals surface area contributed by atoms with E-state index in [1.807, 2.05) is 85.2 Å². The Balaban J connectivity index is 1.33. The summed E-state index contributed by atoms with van der Waals surface area (Å²) in [6, 6.07) is 54.2. The summed E-state index contributed by atoms with van der Waals surface area (Å²) in [5.41, 5.74) is 8.05. The van der Waals surface area contributed by atoms with Crippen molar-refractivity contribution in [2.75, 3.05) is 0 Å². The topological polar surface area (TPSA) is 47.8 Å². The first-order chi connectivity index (χ1) is 24.2. The van der Waals surface area contributed by atoms with Gasteiger partial charge in [0.1, 0.15) is 5.82 Å². The molecule has 1 atom stereocenters. The summed E-state index contributed by atoms with van der Waals surface area (Å²) in [5, 5.41) is 7.04. The number of pyridine rings is 1. The molecule has 1 unspecified atom stereocenters. The molecule has 0 fully saturated rings. The first-order valence-electron chi connectivity index (χ1n) is 16.4. The van der Waals surface area contributed by atoms with Gasteiger partial charge in [-0.25, -0.2) is 4.98 Å². The molecule has 0 aliphatic carbocycles. The molecule has 7 aromatic carbocycles. The summed E-state index contributed by atoms with van der Waals surface area (Å²) in [4.78, 5) is 9.62. The van der Waals surface area contributed by atoms with Crippen molar-refractivity contribution in [3.05, 3.63) is 170 Å². The Morgan fingerprint density at radius 3 is 1.78 bits per heavy atom. The van der Waals surface area contributed by atoms with Gasteiger partial charge in [-0.05, 0) is 68.6 Å². The molecular weight excluding hydrogens is 617 g/mol. The van der Waals surface area contributed by atoms with E-state index in [-0.39, 0.29) is 0 Å².